The first kappa shape index (κ1) is 16.4. The second-order valence-electron chi connectivity index (χ2n) is 4.99. The molecule has 0 saturated carbocycles. The number of amides is 1. The third kappa shape index (κ3) is 4.10. The molecule has 3 aromatic rings. The minimum Gasteiger partial charge on any atom is -0.489 e. The highest BCUT2D eigenvalue weighted by Gasteiger charge is 2.16. The molecule has 0 radical (unpaired) electrons. The van der Waals surface area contributed by atoms with Crippen molar-refractivity contribution in [2.24, 2.45) is 0 Å². The van der Waals surface area contributed by atoms with Crippen LogP contribution in [0.15, 0.2) is 65.3 Å². The number of rotatable bonds is 5. The van der Waals surface area contributed by atoms with E-state index in [1.807, 2.05) is 30.3 Å². The average Bonchev–Trinajstić information content (AvgIpc) is 3.01. The van der Waals surface area contributed by atoms with E-state index in [9.17, 15) is 4.79 Å². The van der Waals surface area contributed by atoms with Gasteiger partial charge in [0.1, 0.15) is 12.4 Å². The molecule has 4 nitrogen and oxygen atoms in total. The van der Waals surface area contributed by atoms with E-state index < -0.39 is 5.91 Å². The van der Waals surface area contributed by atoms with Gasteiger partial charge in [0.15, 0.2) is 5.76 Å². The fourth-order valence-corrected chi connectivity index (χ4v) is 2.67. The number of benzene rings is 2. The number of hydrogen-bond acceptors (Lipinski definition) is 3. The molecule has 0 aliphatic carbocycles. The van der Waals surface area contributed by atoms with Gasteiger partial charge in [-0.1, -0.05) is 41.4 Å². The molecule has 0 spiro atoms. The smallest absolute Gasteiger partial charge is 0.291 e. The average molecular weight is 362 g/mol. The van der Waals surface area contributed by atoms with Gasteiger partial charge in [-0.15, -0.1) is 0 Å². The van der Waals surface area contributed by atoms with Crippen LogP contribution >= 0.6 is 23.2 Å². The number of hydrogen-bond donors (Lipinski definition) is 1. The van der Waals surface area contributed by atoms with Crippen molar-refractivity contribution in [1.82, 2.24) is 0 Å². The summed E-state index contributed by atoms with van der Waals surface area (Å²) < 4.78 is 10.9. The maximum atomic E-state index is 12.4. The Kier molecular flexibility index (Phi) is 5.08. The minimum absolute atomic E-state index is 0.182. The van der Waals surface area contributed by atoms with Crippen LogP contribution in [0.25, 0.3) is 0 Å². The summed E-state index contributed by atoms with van der Waals surface area (Å²) in [7, 11) is 0. The Hall–Kier alpha value is -2.43. The fraction of sp³-hybridized carbons (Fsp3) is 0.0556. The van der Waals surface area contributed by atoms with Crippen LogP contribution < -0.4 is 10.1 Å². The summed E-state index contributed by atoms with van der Waals surface area (Å²) in [4.78, 5) is 12.4. The zero-order chi connectivity index (χ0) is 16.9. The van der Waals surface area contributed by atoms with Gasteiger partial charge in [-0.2, -0.15) is 0 Å². The predicted octanol–water partition coefficient (Wildman–Crippen LogP) is 5.42. The molecule has 1 heterocycles. The van der Waals surface area contributed by atoms with Crippen LogP contribution in [0.5, 0.6) is 5.75 Å². The number of ether oxygens (including phenoxy) is 1. The van der Waals surface area contributed by atoms with E-state index >= 15 is 0 Å². The largest absolute Gasteiger partial charge is 0.489 e. The molecular weight excluding hydrogens is 349 g/mol. The van der Waals surface area contributed by atoms with E-state index in [0.717, 1.165) is 0 Å². The van der Waals surface area contributed by atoms with Crippen LogP contribution in [0.1, 0.15) is 16.1 Å². The standard InChI is InChI=1S/C18H13Cl2NO3/c19-13-8-14(20)10-15(9-13)21-18(22)17-12(6-7-23-17)11-24-16-4-2-1-3-5-16/h1-10H,11H2,(H,21,22). The van der Waals surface area contributed by atoms with Crippen molar-refractivity contribution in [2.75, 3.05) is 5.32 Å². The van der Waals surface area contributed by atoms with Gasteiger partial charge in [0.05, 0.1) is 6.26 Å². The zero-order valence-electron chi connectivity index (χ0n) is 12.5. The van der Waals surface area contributed by atoms with Crippen molar-refractivity contribution in [2.45, 2.75) is 6.61 Å². The monoisotopic (exact) mass is 361 g/mol. The summed E-state index contributed by atoms with van der Waals surface area (Å²) >= 11 is 11.9. The van der Waals surface area contributed by atoms with Crippen molar-refractivity contribution in [3.63, 3.8) is 0 Å². The molecule has 1 N–H and O–H groups in total. The van der Waals surface area contributed by atoms with Crippen molar-refractivity contribution in [3.8, 4) is 5.75 Å². The van der Waals surface area contributed by atoms with Gasteiger partial charge >= 0.3 is 0 Å². The summed E-state index contributed by atoms with van der Waals surface area (Å²) in [5, 5.41) is 3.58. The Morgan fingerprint density at radius 2 is 1.75 bits per heavy atom. The number of furan rings is 1. The quantitative estimate of drug-likeness (QED) is 0.660. The third-order valence-corrected chi connectivity index (χ3v) is 3.65. The Labute approximate surface area is 149 Å². The first-order valence-electron chi connectivity index (χ1n) is 7.13. The highest BCUT2D eigenvalue weighted by Crippen LogP contribution is 2.23. The summed E-state index contributed by atoms with van der Waals surface area (Å²) in [5.41, 5.74) is 1.13. The van der Waals surface area contributed by atoms with Crippen LogP contribution in [-0.2, 0) is 6.61 Å². The van der Waals surface area contributed by atoms with E-state index in [4.69, 9.17) is 32.4 Å². The van der Waals surface area contributed by atoms with Crippen LogP contribution in [-0.4, -0.2) is 5.91 Å². The number of para-hydroxylation sites is 1. The van der Waals surface area contributed by atoms with Crippen molar-refractivity contribution in [1.29, 1.82) is 0 Å². The summed E-state index contributed by atoms with van der Waals surface area (Å²) in [6.07, 6.45) is 1.45. The normalized spacial score (nSPS) is 10.4. The number of carbonyl (C=O) groups excluding carboxylic acids is 1. The topological polar surface area (TPSA) is 51.5 Å². The third-order valence-electron chi connectivity index (χ3n) is 3.21. The zero-order valence-corrected chi connectivity index (χ0v) is 14.0. The molecule has 24 heavy (non-hydrogen) atoms. The van der Waals surface area contributed by atoms with E-state index in [1.54, 1.807) is 24.3 Å². The summed E-state index contributed by atoms with van der Waals surface area (Å²) in [6, 6.07) is 15.8. The molecule has 0 aliphatic heterocycles. The Morgan fingerprint density at radius 1 is 1.04 bits per heavy atom. The maximum absolute atomic E-state index is 12.4. The van der Waals surface area contributed by atoms with E-state index in [0.29, 0.717) is 27.0 Å². The lowest BCUT2D eigenvalue weighted by Crippen LogP contribution is -2.13. The van der Waals surface area contributed by atoms with Gasteiger partial charge in [0.25, 0.3) is 5.91 Å². The van der Waals surface area contributed by atoms with Gasteiger partial charge < -0.3 is 14.5 Å². The maximum Gasteiger partial charge on any atom is 0.291 e. The molecule has 0 bridgehead atoms. The van der Waals surface area contributed by atoms with Gasteiger partial charge in [-0.3, -0.25) is 4.79 Å². The van der Waals surface area contributed by atoms with Gasteiger partial charge in [0, 0.05) is 21.3 Å². The van der Waals surface area contributed by atoms with Crippen LogP contribution in [0, 0.1) is 0 Å². The summed E-state index contributed by atoms with van der Waals surface area (Å²) in [6.45, 7) is 0.222. The Balaban J connectivity index is 1.71. The van der Waals surface area contributed by atoms with Crippen LogP contribution in [0.3, 0.4) is 0 Å². The lowest BCUT2D eigenvalue weighted by Gasteiger charge is -2.08. The molecule has 0 unspecified atom stereocenters. The van der Waals surface area contributed by atoms with Gasteiger partial charge in [-0.25, -0.2) is 0 Å². The molecule has 0 aliphatic rings. The predicted molar refractivity (Wildman–Crippen MR) is 93.9 cm³/mol. The van der Waals surface area contributed by atoms with E-state index in [1.165, 1.54) is 6.26 Å². The van der Waals surface area contributed by atoms with Crippen molar-refractivity contribution < 1.29 is 13.9 Å². The fourth-order valence-electron chi connectivity index (χ4n) is 2.14. The molecule has 0 saturated heterocycles. The van der Waals surface area contributed by atoms with Crippen molar-refractivity contribution >= 4 is 34.8 Å². The summed E-state index contributed by atoms with van der Waals surface area (Å²) in [5.74, 6) is 0.499. The first-order chi connectivity index (χ1) is 11.6. The van der Waals surface area contributed by atoms with Gasteiger partial charge in [0.2, 0.25) is 0 Å². The second kappa shape index (κ2) is 7.43. The molecule has 2 aromatic carbocycles. The SMILES string of the molecule is O=C(Nc1cc(Cl)cc(Cl)c1)c1occc1COc1ccccc1. The number of nitrogens with one attached hydrogen (secondary N) is 1. The number of carbonyl (C=O) groups is 1. The lowest BCUT2D eigenvalue weighted by molar-refractivity contribution is 0.0993. The molecule has 0 atom stereocenters. The van der Waals surface area contributed by atoms with Gasteiger partial charge in [-0.05, 0) is 36.4 Å². The highest BCUT2D eigenvalue weighted by molar-refractivity contribution is 6.35. The number of anilines is 1. The molecule has 6 heteroatoms. The van der Waals surface area contributed by atoms with Crippen molar-refractivity contribution in [3.05, 3.63) is 82.2 Å². The molecular formula is C18H13Cl2NO3. The molecule has 3 rings (SSSR count). The van der Waals surface area contributed by atoms with Crippen LogP contribution in [0.4, 0.5) is 5.69 Å². The lowest BCUT2D eigenvalue weighted by atomic mass is 10.2. The van der Waals surface area contributed by atoms with E-state index in [2.05, 4.69) is 5.32 Å². The molecule has 1 amide bonds. The number of halogens is 2. The minimum atomic E-state index is -0.398. The molecule has 122 valence electrons. The second-order valence-corrected chi connectivity index (χ2v) is 5.86. The van der Waals surface area contributed by atoms with Crippen LogP contribution in [0.2, 0.25) is 10.0 Å². The Bertz CT molecular complexity index is 826. The first-order valence-corrected chi connectivity index (χ1v) is 7.89. The molecule has 1 aromatic heterocycles. The Morgan fingerprint density at radius 3 is 2.46 bits per heavy atom. The van der Waals surface area contributed by atoms with E-state index in [-0.39, 0.29) is 12.4 Å². The highest BCUT2D eigenvalue weighted by atomic mass is 35.5. The molecule has 0 fully saturated rings.